The zero-order valence-corrected chi connectivity index (χ0v) is 23.2. The molecule has 202 valence electrons. The van der Waals surface area contributed by atoms with E-state index in [1.807, 2.05) is 20.8 Å². The molecule has 4 N–H and O–H groups in total. The molecule has 0 aliphatic heterocycles. The minimum absolute atomic E-state index is 0.0522. The van der Waals surface area contributed by atoms with Gasteiger partial charge >= 0.3 is 0 Å². The van der Waals surface area contributed by atoms with E-state index in [2.05, 4.69) is 29.5 Å². The van der Waals surface area contributed by atoms with Crippen LogP contribution >= 0.6 is 11.6 Å². The Hall–Kier alpha value is -2.51. The average molecular weight is 531 g/mol. The molecule has 1 aromatic carbocycles. The van der Waals surface area contributed by atoms with Crippen LogP contribution in [0.3, 0.4) is 0 Å². The van der Waals surface area contributed by atoms with Crippen LogP contribution in [0.25, 0.3) is 0 Å². The molecule has 8 heteroatoms. The number of aromatic nitrogens is 1. The smallest absolute Gasteiger partial charge is 0.237 e. The number of nitrogens with one attached hydrogen (secondary N) is 2. The van der Waals surface area contributed by atoms with Gasteiger partial charge in [-0.1, -0.05) is 52.3 Å². The number of carbonyl (C=O) groups excluding carboxylic acids is 2. The van der Waals surface area contributed by atoms with Crippen molar-refractivity contribution in [2.24, 2.45) is 28.9 Å². The van der Waals surface area contributed by atoms with Crippen LogP contribution < -0.4 is 16.4 Å². The number of halogens is 2. The fourth-order valence-electron chi connectivity index (χ4n) is 5.58. The Bertz CT molecular complexity index is 1090. The molecule has 0 bridgehead atoms. The highest BCUT2D eigenvalue weighted by Crippen LogP contribution is 2.46. The van der Waals surface area contributed by atoms with Crippen LogP contribution in [-0.4, -0.2) is 29.4 Å². The third kappa shape index (κ3) is 7.51. The third-order valence-electron chi connectivity index (χ3n) is 7.60. The molecule has 37 heavy (non-hydrogen) atoms. The van der Waals surface area contributed by atoms with E-state index in [1.165, 1.54) is 6.07 Å². The summed E-state index contributed by atoms with van der Waals surface area (Å²) in [6.45, 7) is 10.6. The van der Waals surface area contributed by atoms with Gasteiger partial charge in [-0.15, -0.1) is 0 Å². The van der Waals surface area contributed by atoms with E-state index < -0.39 is 22.7 Å². The molecule has 1 fully saturated rings. The maximum Gasteiger partial charge on any atom is 0.237 e. The highest BCUT2D eigenvalue weighted by atomic mass is 35.5. The number of nitrogens with two attached hydrogens (primary N) is 1. The van der Waals surface area contributed by atoms with E-state index in [4.69, 9.17) is 17.3 Å². The summed E-state index contributed by atoms with van der Waals surface area (Å²) in [4.78, 5) is 30.6. The lowest BCUT2D eigenvalue weighted by Crippen LogP contribution is -2.52. The molecule has 6 nitrogen and oxygen atoms in total. The lowest BCUT2D eigenvalue weighted by atomic mass is 9.62. The lowest BCUT2D eigenvalue weighted by molar-refractivity contribution is -0.131. The zero-order chi connectivity index (χ0) is 27.4. The van der Waals surface area contributed by atoms with Crippen molar-refractivity contribution in [3.05, 3.63) is 59.1 Å². The summed E-state index contributed by atoms with van der Waals surface area (Å²) in [6.07, 6.45) is 6.36. The standard InChI is InChI=1S/C29H40ClFN4O2/c1-18(2)12-19-13-20(16-29(5,15-19)27(37)35-22-8-10-33-11-9-22)25(32)26(36)34-17-28(3,4)21-6-7-24(31)23(30)14-21/h6-11,14,18-20,25H,12-13,15-17,32H2,1-5H3,(H,34,36)(H,33,35,37). The molecule has 0 saturated heterocycles. The van der Waals surface area contributed by atoms with Crippen LogP contribution in [0.4, 0.5) is 10.1 Å². The van der Waals surface area contributed by atoms with Crippen LogP contribution in [0.2, 0.25) is 5.02 Å². The van der Waals surface area contributed by atoms with Gasteiger partial charge in [0.1, 0.15) is 5.82 Å². The first-order valence-electron chi connectivity index (χ1n) is 13.0. The number of hydrogen-bond donors (Lipinski definition) is 3. The maximum absolute atomic E-state index is 13.6. The van der Waals surface area contributed by atoms with Gasteiger partial charge < -0.3 is 16.4 Å². The minimum Gasteiger partial charge on any atom is -0.354 e. The molecule has 3 rings (SSSR count). The van der Waals surface area contributed by atoms with Gasteiger partial charge in [-0.05, 0) is 73.3 Å². The molecular formula is C29H40ClFN4O2. The zero-order valence-electron chi connectivity index (χ0n) is 22.5. The van der Waals surface area contributed by atoms with Crippen molar-refractivity contribution < 1.29 is 14.0 Å². The van der Waals surface area contributed by atoms with E-state index in [1.54, 1.807) is 36.7 Å². The number of benzene rings is 1. The summed E-state index contributed by atoms with van der Waals surface area (Å²) in [5, 5.41) is 6.08. The van der Waals surface area contributed by atoms with Crippen LogP contribution in [0.5, 0.6) is 0 Å². The number of anilines is 1. The predicted octanol–water partition coefficient (Wildman–Crippen LogP) is 5.70. The molecule has 2 amide bonds. The Morgan fingerprint density at radius 2 is 1.89 bits per heavy atom. The molecule has 1 aliphatic carbocycles. The Balaban J connectivity index is 1.71. The lowest BCUT2D eigenvalue weighted by Gasteiger charge is -2.43. The Labute approximate surface area is 225 Å². The third-order valence-corrected chi connectivity index (χ3v) is 7.88. The normalized spacial score (nSPS) is 22.9. The summed E-state index contributed by atoms with van der Waals surface area (Å²) in [7, 11) is 0. The molecule has 1 aliphatic rings. The SMILES string of the molecule is CC(C)CC1CC(C(N)C(=O)NCC(C)(C)c2ccc(F)c(Cl)c2)CC(C)(C(=O)Nc2ccncc2)C1. The molecule has 4 atom stereocenters. The van der Waals surface area contributed by atoms with Gasteiger partial charge in [0.2, 0.25) is 11.8 Å². The van der Waals surface area contributed by atoms with E-state index in [0.29, 0.717) is 30.5 Å². The van der Waals surface area contributed by atoms with E-state index >= 15 is 0 Å². The van der Waals surface area contributed by atoms with Crippen molar-refractivity contribution >= 4 is 29.1 Å². The molecule has 1 heterocycles. The number of rotatable bonds is 9. The van der Waals surface area contributed by atoms with Gasteiger partial charge in [-0.25, -0.2) is 4.39 Å². The molecule has 2 aromatic rings. The fourth-order valence-corrected chi connectivity index (χ4v) is 5.76. The first-order chi connectivity index (χ1) is 17.3. The Morgan fingerprint density at radius 1 is 1.22 bits per heavy atom. The van der Waals surface area contributed by atoms with Gasteiger partial charge in [0.25, 0.3) is 0 Å². The van der Waals surface area contributed by atoms with Crippen molar-refractivity contribution in [3.8, 4) is 0 Å². The number of nitrogens with zero attached hydrogens (tertiary/aromatic N) is 1. The largest absolute Gasteiger partial charge is 0.354 e. The number of hydrogen-bond acceptors (Lipinski definition) is 4. The second-order valence-corrected chi connectivity index (χ2v) is 12.3. The Morgan fingerprint density at radius 3 is 2.51 bits per heavy atom. The van der Waals surface area contributed by atoms with Gasteiger partial charge in [-0.3, -0.25) is 14.6 Å². The van der Waals surface area contributed by atoms with Gasteiger partial charge in [0, 0.05) is 35.5 Å². The predicted molar refractivity (Wildman–Crippen MR) is 147 cm³/mol. The molecule has 0 spiro atoms. The van der Waals surface area contributed by atoms with Crippen molar-refractivity contribution in [1.82, 2.24) is 10.3 Å². The van der Waals surface area contributed by atoms with Gasteiger partial charge in [0.15, 0.2) is 0 Å². The number of amides is 2. The first-order valence-corrected chi connectivity index (χ1v) is 13.4. The van der Waals surface area contributed by atoms with Crippen molar-refractivity contribution in [3.63, 3.8) is 0 Å². The average Bonchev–Trinajstić information content (AvgIpc) is 2.83. The molecular weight excluding hydrogens is 491 g/mol. The quantitative estimate of drug-likeness (QED) is 0.387. The summed E-state index contributed by atoms with van der Waals surface area (Å²) in [6, 6.07) is 7.40. The number of pyridine rings is 1. The monoisotopic (exact) mass is 530 g/mol. The van der Waals surface area contributed by atoms with Crippen LogP contribution in [0.1, 0.15) is 65.9 Å². The first kappa shape index (κ1) is 29.1. The minimum atomic E-state index is -0.740. The van der Waals surface area contributed by atoms with Gasteiger partial charge in [0.05, 0.1) is 11.1 Å². The molecule has 4 unspecified atom stereocenters. The molecule has 0 radical (unpaired) electrons. The van der Waals surface area contributed by atoms with Crippen molar-refractivity contribution in [1.29, 1.82) is 0 Å². The van der Waals surface area contributed by atoms with Crippen molar-refractivity contribution in [2.75, 3.05) is 11.9 Å². The summed E-state index contributed by atoms with van der Waals surface area (Å²) in [5.74, 6) is -0.133. The van der Waals surface area contributed by atoms with Gasteiger partial charge in [-0.2, -0.15) is 0 Å². The summed E-state index contributed by atoms with van der Waals surface area (Å²) in [5.41, 5.74) is 6.95. The fraction of sp³-hybridized carbons (Fsp3) is 0.552. The number of carbonyl (C=O) groups is 2. The topological polar surface area (TPSA) is 97.1 Å². The molecule has 1 aromatic heterocycles. The second-order valence-electron chi connectivity index (χ2n) is 11.9. The highest BCUT2D eigenvalue weighted by molar-refractivity contribution is 6.30. The van der Waals surface area contributed by atoms with E-state index in [0.717, 1.165) is 24.8 Å². The second kappa shape index (κ2) is 11.9. The van der Waals surface area contributed by atoms with Crippen LogP contribution in [-0.2, 0) is 15.0 Å². The summed E-state index contributed by atoms with van der Waals surface area (Å²) >= 11 is 5.97. The van der Waals surface area contributed by atoms with Crippen LogP contribution in [0.15, 0.2) is 42.7 Å². The molecule has 1 saturated carbocycles. The Kier molecular flexibility index (Phi) is 9.35. The highest BCUT2D eigenvalue weighted by Gasteiger charge is 2.45. The summed E-state index contributed by atoms with van der Waals surface area (Å²) < 4.78 is 13.6. The maximum atomic E-state index is 13.6. The van der Waals surface area contributed by atoms with Crippen molar-refractivity contribution in [2.45, 2.75) is 71.8 Å². The van der Waals surface area contributed by atoms with E-state index in [-0.39, 0.29) is 22.8 Å². The van der Waals surface area contributed by atoms with E-state index in [9.17, 15) is 14.0 Å². The van der Waals surface area contributed by atoms with Crippen LogP contribution in [0, 0.1) is 29.0 Å².